The molecule has 0 aromatic heterocycles. The third-order valence-corrected chi connectivity index (χ3v) is 7.41. The van der Waals surface area contributed by atoms with Crippen LogP contribution in [-0.2, 0) is 24.8 Å². The number of nitrogens with one attached hydrogen (secondary N) is 2. The zero-order valence-electron chi connectivity index (χ0n) is 17.2. The average Bonchev–Trinajstić information content (AvgIpc) is 3.54. The highest BCUT2D eigenvalue weighted by Crippen LogP contribution is 2.37. The fourth-order valence-electron chi connectivity index (χ4n) is 2.81. The minimum Gasteiger partial charge on any atom is -0.493 e. The van der Waals surface area contributed by atoms with Crippen molar-refractivity contribution in [3.8, 4) is 11.5 Å². The number of carboxylic acids is 1. The lowest BCUT2D eigenvalue weighted by Gasteiger charge is -2.15. The molecule has 0 amide bonds. The first kappa shape index (κ1) is 23.6. The Labute approximate surface area is 186 Å². The van der Waals surface area contributed by atoms with Crippen LogP contribution in [-0.4, -0.2) is 48.2 Å². The fraction of sp³-hybridized carbons (Fsp3) is 0.250. The van der Waals surface area contributed by atoms with Crippen molar-refractivity contribution in [2.45, 2.75) is 28.7 Å². The maximum Gasteiger partial charge on any atom is 0.328 e. The van der Waals surface area contributed by atoms with Crippen LogP contribution in [0, 0.1) is 0 Å². The smallest absolute Gasteiger partial charge is 0.328 e. The molecule has 172 valence electrons. The molecule has 3 N–H and O–H groups in total. The van der Waals surface area contributed by atoms with Crippen LogP contribution >= 0.6 is 0 Å². The highest BCUT2D eigenvalue weighted by molar-refractivity contribution is 7.92. The number of hydrogen-bond acceptors (Lipinski definition) is 7. The standard InChI is InChI=1S/C20H22N2O8S2/c1-29-17-11-13(3-10-19(23)24)12-18(20(17)30-2)32(27,28)22-15-6-8-16(9-7-15)31(25,26)21-14-4-5-14/h3,6-12,14,21-22H,4-5H2,1-2H3,(H,23,24)/b10-3+. The molecule has 0 heterocycles. The predicted octanol–water partition coefficient (Wildman–Crippen LogP) is 2.04. The van der Waals surface area contributed by atoms with Crippen molar-refractivity contribution in [2.24, 2.45) is 0 Å². The predicted molar refractivity (Wildman–Crippen MR) is 117 cm³/mol. The van der Waals surface area contributed by atoms with E-state index in [1.165, 1.54) is 56.7 Å². The van der Waals surface area contributed by atoms with Gasteiger partial charge in [0, 0.05) is 17.8 Å². The van der Waals surface area contributed by atoms with Crippen molar-refractivity contribution in [3.63, 3.8) is 0 Å². The van der Waals surface area contributed by atoms with E-state index in [0.29, 0.717) is 0 Å². The normalized spacial score (nSPS) is 14.3. The summed E-state index contributed by atoms with van der Waals surface area (Å²) >= 11 is 0. The molecule has 0 spiro atoms. The van der Waals surface area contributed by atoms with Crippen molar-refractivity contribution in [1.29, 1.82) is 0 Å². The van der Waals surface area contributed by atoms with Crippen LogP contribution in [0.5, 0.6) is 11.5 Å². The van der Waals surface area contributed by atoms with Crippen LogP contribution in [0.25, 0.3) is 6.08 Å². The highest BCUT2D eigenvalue weighted by Gasteiger charge is 2.28. The zero-order chi connectivity index (χ0) is 23.5. The average molecular weight is 483 g/mol. The van der Waals surface area contributed by atoms with E-state index in [-0.39, 0.29) is 38.6 Å². The molecule has 0 unspecified atom stereocenters. The number of sulfonamides is 2. The maximum atomic E-state index is 13.1. The minimum absolute atomic E-state index is 0.0207. The molecule has 0 saturated heterocycles. The van der Waals surface area contributed by atoms with Crippen LogP contribution in [0.2, 0.25) is 0 Å². The number of hydrogen-bond donors (Lipinski definition) is 3. The van der Waals surface area contributed by atoms with E-state index in [2.05, 4.69) is 9.44 Å². The first-order valence-electron chi connectivity index (χ1n) is 9.38. The maximum absolute atomic E-state index is 13.1. The van der Waals surface area contributed by atoms with E-state index >= 15 is 0 Å². The zero-order valence-corrected chi connectivity index (χ0v) is 18.9. The summed E-state index contributed by atoms with van der Waals surface area (Å²) < 4.78 is 66.0. The van der Waals surface area contributed by atoms with Crippen molar-refractivity contribution in [1.82, 2.24) is 4.72 Å². The molecule has 0 radical (unpaired) electrons. The summed E-state index contributed by atoms with van der Waals surface area (Å²) in [5.41, 5.74) is 0.390. The van der Waals surface area contributed by atoms with E-state index in [1.807, 2.05) is 0 Å². The van der Waals surface area contributed by atoms with Gasteiger partial charge in [0.1, 0.15) is 4.90 Å². The van der Waals surface area contributed by atoms with Crippen LogP contribution in [0.4, 0.5) is 5.69 Å². The highest BCUT2D eigenvalue weighted by atomic mass is 32.2. The first-order chi connectivity index (χ1) is 15.1. The van der Waals surface area contributed by atoms with Gasteiger partial charge >= 0.3 is 5.97 Å². The van der Waals surface area contributed by atoms with Crippen LogP contribution < -0.4 is 18.9 Å². The summed E-state index contributed by atoms with van der Waals surface area (Å²) in [6.45, 7) is 0. The van der Waals surface area contributed by atoms with Crippen LogP contribution in [0.1, 0.15) is 18.4 Å². The molecule has 0 atom stereocenters. The van der Waals surface area contributed by atoms with Gasteiger partial charge in [-0.25, -0.2) is 26.4 Å². The molecule has 32 heavy (non-hydrogen) atoms. The molecule has 0 bridgehead atoms. The third-order valence-electron chi connectivity index (χ3n) is 4.49. The van der Waals surface area contributed by atoms with Gasteiger partial charge in [-0.2, -0.15) is 0 Å². The summed E-state index contributed by atoms with van der Waals surface area (Å²) in [6.07, 6.45) is 3.67. The molecule has 2 aromatic rings. The molecular formula is C20H22N2O8S2. The summed E-state index contributed by atoms with van der Waals surface area (Å²) in [5, 5.41) is 8.84. The van der Waals surface area contributed by atoms with Crippen molar-refractivity contribution < 1.29 is 36.2 Å². The summed E-state index contributed by atoms with van der Waals surface area (Å²) in [6, 6.07) is 7.88. The second-order valence-electron chi connectivity index (χ2n) is 6.95. The van der Waals surface area contributed by atoms with E-state index in [4.69, 9.17) is 14.6 Å². The number of rotatable bonds is 10. The van der Waals surface area contributed by atoms with Crippen molar-refractivity contribution in [2.75, 3.05) is 18.9 Å². The lowest BCUT2D eigenvalue weighted by Crippen LogP contribution is -2.25. The van der Waals surface area contributed by atoms with Crippen LogP contribution in [0.15, 0.2) is 52.3 Å². The van der Waals surface area contributed by atoms with Gasteiger partial charge in [0.2, 0.25) is 10.0 Å². The van der Waals surface area contributed by atoms with Gasteiger partial charge in [0.05, 0.1) is 19.1 Å². The van der Waals surface area contributed by atoms with Crippen molar-refractivity contribution >= 4 is 37.8 Å². The van der Waals surface area contributed by atoms with Gasteiger partial charge in [0.15, 0.2) is 11.5 Å². The second kappa shape index (κ2) is 9.18. The Morgan fingerprint density at radius 3 is 2.22 bits per heavy atom. The Kier molecular flexibility index (Phi) is 6.77. The Morgan fingerprint density at radius 2 is 1.69 bits per heavy atom. The van der Waals surface area contributed by atoms with Gasteiger partial charge in [-0.15, -0.1) is 0 Å². The van der Waals surface area contributed by atoms with Crippen LogP contribution in [0.3, 0.4) is 0 Å². The number of benzene rings is 2. The molecule has 1 aliphatic rings. The molecule has 1 saturated carbocycles. The molecule has 12 heteroatoms. The van der Waals surface area contributed by atoms with E-state index in [0.717, 1.165) is 18.9 Å². The molecule has 0 aliphatic heterocycles. The van der Waals surface area contributed by atoms with E-state index < -0.39 is 26.0 Å². The van der Waals surface area contributed by atoms with Crippen molar-refractivity contribution in [3.05, 3.63) is 48.0 Å². The Hall–Kier alpha value is -3.09. The van der Waals surface area contributed by atoms with E-state index in [1.54, 1.807) is 0 Å². The van der Waals surface area contributed by atoms with Gasteiger partial charge in [-0.3, -0.25) is 4.72 Å². The molecule has 10 nitrogen and oxygen atoms in total. The Balaban J connectivity index is 1.93. The summed E-state index contributed by atoms with van der Waals surface area (Å²) in [7, 11) is -5.28. The molecule has 1 aliphatic carbocycles. The number of carbonyl (C=O) groups is 1. The second-order valence-corrected chi connectivity index (χ2v) is 10.3. The lowest BCUT2D eigenvalue weighted by atomic mass is 10.2. The number of carboxylic acid groups (broad SMARTS) is 1. The molecule has 1 fully saturated rings. The molecule has 3 rings (SSSR count). The van der Waals surface area contributed by atoms with Gasteiger partial charge in [-0.1, -0.05) is 0 Å². The Morgan fingerprint density at radius 1 is 1.03 bits per heavy atom. The number of aliphatic carboxylic acids is 1. The summed E-state index contributed by atoms with van der Waals surface area (Å²) in [4.78, 5) is 10.6. The first-order valence-corrected chi connectivity index (χ1v) is 12.3. The number of ether oxygens (including phenoxy) is 2. The lowest BCUT2D eigenvalue weighted by molar-refractivity contribution is -0.131. The summed E-state index contributed by atoms with van der Waals surface area (Å²) in [5.74, 6) is -1.18. The largest absolute Gasteiger partial charge is 0.493 e. The third kappa shape index (κ3) is 5.58. The quantitative estimate of drug-likeness (QED) is 0.436. The minimum atomic E-state index is -4.21. The van der Waals surface area contributed by atoms with E-state index in [9.17, 15) is 21.6 Å². The SMILES string of the molecule is COc1cc(/C=C/C(=O)O)cc(S(=O)(=O)Nc2ccc(S(=O)(=O)NC3CC3)cc2)c1OC. The topological polar surface area (TPSA) is 148 Å². The molecule has 2 aromatic carbocycles. The number of anilines is 1. The number of methoxy groups -OCH3 is 2. The van der Waals surface area contributed by atoms with Gasteiger partial charge in [-0.05, 0) is 60.9 Å². The fourth-order valence-corrected chi connectivity index (χ4v) is 5.39. The Bertz CT molecular complexity index is 1250. The molecular weight excluding hydrogens is 460 g/mol. The van der Waals surface area contributed by atoms with Gasteiger partial charge in [0.25, 0.3) is 10.0 Å². The monoisotopic (exact) mass is 482 g/mol. The van der Waals surface area contributed by atoms with Gasteiger partial charge < -0.3 is 14.6 Å².